The smallest absolute Gasteiger partial charge is 0.205 e. The Morgan fingerprint density at radius 1 is 1.05 bits per heavy atom. The number of aryl methyl sites for hydroxylation is 1. The molecule has 0 aliphatic carbocycles. The monoisotopic (exact) mass is 291 g/mol. The van der Waals surface area contributed by atoms with Gasteiger partial charge in [-0.25, -0.2) is 4.98 Å². The molecule has 0 unspecified atom stereocenters. The molecule has 3 rings (SSSR count). The largest absolute Gasteiger partial charge is 0.369 e. The molecule has 5 heteroatoms. The standard InChI is InChI=1S/C14H11Cl2N3/c1-8-2-5-12-13(6-8)19(14(17)18-12)9-3-4-10(15)11(16)7-9/h2-7H,1H3,(H2,17,18). The first-order valence-electron chi connectivity index (χ1n) is 5.76. The van der Waals surface area contributed by atoms with Crippen molar-refractivity contribution in [2.75, 3.05) is 5.73 Å². The van der Waals surface area contributed by atoms with Crippen LogP contribution >= 0.6 is 23.2 Å². The third kappa shape index (κ3) is 2.05. The van der Waals surface area contributed by atoms with Crippen molar-refractivity contribution < 1.29 is 0 Å². The molecule has 0 amide bonds. The number of imidazole rings is 1. The summed E-state index contributed by atoms with van der Waals surface area (Å²) in [5, 5.41) is 1.01. The number of nitrogens with zero attached hydrogens (tertiary/aromatic N) is 2. The number of benzene rings is 2. The van der Waals surface area contributed by atoms with Gasteiger partial charge in [0.25, 0.3) is 0 Å². The van der Waals surface area contributed by atoms with Crippen molar-refractivity contribution in [3.8, 4) is 5.69 Å². The number of rotatable bonds is 1. The van der Waals surface area contributed by atoms with E-state index in [0.717, 1.165) is 22.3 Å². The molecule has 19 heavy (non-hydrogen) atoms. The molecule has 0 aliphatic heterocycles. The molecule has 0 saturated carbocycles. The van der Waals surface area contributed by atoms with E-state index >= 15 is 0 Å². The first kappa shape index (κ1) is 12.3. The maximum Gasteiger partial charge on any atom is 0.205 e. The van der Waals surface area contributed by atoms with E-state index in [4.69, 9.17) is 28.9 Å². The fourth-order valence-electron chi connectivity index (χ4n) is 2.10. The minimum Gasteiger partial charge on any atom is -0.369 e. The topological polar surface area (TPSA) is 43.8 Å². The predicted octanol–water partition coefficient (Wildman–Crippen LogP) is 4.22. The van der Waals surface area contributed by atoms with E-state index in [0.29, 0.717) is 16.0 Å². The number of aromatic nitrogens is 2. The van der Waals surface area contributed by atoms with Gasteiger partial charge in [0.05, 0.1) is 26.8 Å². The van der Waals surface area contributed by atoms with Gasteiger partial charge in [-0.2, -0.15) is 0 Å². The van der Waals surface area contributed by atoms with Crippen LogP contribution in [-0.4, -0.2) is 9.55 Å². The van der Waals surface area contributed by atoms with E-state index in [1.807, 2.05) is 35.8 Å². The second-order valence-corrected chi connectivity index (χ2v) is 5.21. The summed E-state index contributed by atoms with van der Waals surface area (Å²) in [5.41, 5.74) is 9.80. The summed E-state index contributed by atoms with van der Waals surface area (Å²) in [6.07, 6.45) is 0. The van der Waals surface area contributed by atoms with Crippen molar-refractivity contribution >= 4 is 40.2 Å². The van der Waals surface area contributed by atoms with Crippen molar-refractivity contribution in [2.24, 2.45) is 0 Å². The second-order valence-electron chi connectivity index (χ2n) is 4.40. The molecule has 0 aliphatic rings. The number of fused-ring (bicyclic) bond motifs is 1. The summed E-state index contributed by atoms with van der Waals surface area (Å²) in [6, 6.07) is 11.4. The zero-order chi connectivity index (χ0) is 13.6. The second kappa shape index (κ2) is 4.44. The molecule has 0 saturated heterocycles. The van der Waals surface area contributed by atoms with Gasteiger partial charge in [0.15, 0.2) is 0 Å². The molecule has 0 spiro atoms. The summed E-state index contributed by atoms with van der Waals surface area (Å²) < 4.78 is 1.87. The highest BCUT2D eigenvalue weighted by atomic mass is 35.5. The Bertz CT molecular complexity index is 778. The van der Waals surface area contributed by atoms with Gasteiger partial charge in [-0.1, -0.05) is 29.3 Å². The SMILES string of the molecule is Cc1ccc2nc(N)n(-c3ccc(Cl)c(Cl)c3)c2c1. The van der Waals surface area contributed by atoms with Crippen LogP contribution in [0.2, 0.25) is 10.0 Å². The molecule has 0 fully saturated rings. The number of anilines is 1. The zero-order valence-electron chi connectivity index (χ0n) is 10.2. The number of halogens is 2. The number of hydrogen-bond donors (Lipinski definition) is 1. The van der Waals surface area contributed by atoms with Crippen molar-refractivity contribution in [2.45, 2.75) is 6.92 Å². The van der Waals surface area contributed by atoms with Crippen molar-refractivity contribution in [1.29, 1.82) is 0 Å². The molecule has 2 N–H and O–H groups in total. The highest BCUT2D eigenvalue weighted by Crippen LogP contribution is 2.28. The summed E-state index contributed by atoms with van der Waals surface area (Å²) in [7, 11) is 0. The molecular formula is C14H11Cl2N3. The van der Waals surface area contributed by atoms with E-state index in [-0.39, 0.29) is 0 Å². The van der Waals surface area contributed by atoms with Crippen molar-refractivity contribution in [3.63, 3.8) is 0 Å². The Hall–Kier alpha value is -1.71. The van der Waals surface area contributed by atoms with Crippen LogP contribution in [0.3, 0.4) is 0 Å². The number of nitrogens with two attached hydrogens (primary N) is 1. The van der Waals surface area contributed by atoms with Crippen LogP contribution < -0.4 is 5.73 Å². The van der Waals surface area contributed by atoms with Gasteiger partial charge in [0.1, 0.15) is 0 Å². The Kier molecular flexibility index (Phi) is 2.88. The lowest BCUT2D eigenvalue weighted by Gasteiger charge is -2.08. The van der Waals surface area contributed by atoms with Crippen molar-refractivity contribution in [3.05, 3.63) is 52.0 Å². The first-order chi connectivity index (χ1) is 9.06. The Balaban J connectivity index is 2.31. The molecule has 3 nitrogen and oxygen atoms in total. The number of nitrogen functional groups attached to an aromatic ring is 1. The first-order valence-corrected chi connectivity index (χ1v) is 6.52. The molecule has 0 bridgehead atoms. The lowest BCUT2D eigenvalue weighted by molar-refractivity contribution is 1.11. The van der Waals surface area contributed by atoms with E-state index in [1.165, 1.54) is 0 Å². The predicted molar refractivity (Wildman–Crippen MR) is 80.2 cm³/mol. The van der Waals surface area contributed by atoms with E-state index in [2.05, 4.69) is 4.98 Å². The summed E-state index contributed by atoms with van der Waals surface area (Å²) in [4.78, 5) is 4.35. The van der Waals surface area contributed by atoms with Crippen LogP contribution in [0.1, 0.15) is 5.56 Å². The van der Waals surface area contributed by atoms with Gasteiger partial charge < -0.3 is 5.73 Å². The van der Waals surface area contributed by atoms with Crippen LogP contribution in [0.4, 0.5) is 5.95 Å². The van der Waals surface area contributed by atoms with E-state index in [9.17, 15) is 0 Å². The lowest BCUT2D eigenvalue weighted by atomic mass is 10.2. The summed E-state index contributed by atoms with van der Waals surface area (Å²) in [6.45, 7) is 2.03. The fourth-order valence-corrected chi connectivity index (χ4v) is 2.39. The van der Waals surface area contributed by atoms with Crippen LogP contribution in [-0.2, 0) is 0 Å². The van der Waals surface area contributed by atoms with E-state index in [1.54, 1.807) is 12.1 Å². The van der Waals surface area contributed by atoms with Crippen LogP contribution in [0.5, 0.6) is 0 Å². The van der Waals surface area contributed by atoms with Crippen LogP contribution in [0, 0.1) is 6.92 Å². The van der Waals surface area contributed by atoms with Gasteiger partial charge in [-0.3, -0.25) is 4.57 Å². The highest BCUT2D eigenvalue weighted by Gasteiger charge is 2.11. The summed E-state index contributed by atoms with van der Waals surface area (Å²) in [5.74, 6) is 0.430. The third-order valence-corrected chi connectivity index (χ3v) is 3.74. The molecular weight excluding hydrogens is 281 g/mol. The average Bonchev–Trinajstić information content (AvgIpc) is 2.68. The van der Waals surface area contributed by atoms with Crippen molar-refractivity contribution in [1.82, 2.24) is 9.55 Å². The zero-order valence-corrected chi connectivity index (χ0v) is 11.7. The molecule has 1 aromatic heterocycles. The summed E-state index contributed by atoms with van der Waals surface area (Å²) >= 11 is 12.0. The van der Waals surface area contributed by atoms with Gasteiger partial charge in [0, 0.05) is 0 Å². The Morgan fingerprint density at radius 3 is 2.58 bits per heavy atom. The average molecular weight is 292 g/mol. The van der Waals surface area contributed by atoms with Crippen LogP contribution in [0.15, 0.2) is 36.4 Å². The minimum absolute atomic E-state index is 0.430. The van der Waals surface area contributed by atoms with Gasteiger partial charge in [-0.15, -0.1) is 0 Å². The highest BCUT2D eigenvalue weighted by molar-refractivity contribution is 6.42. The Morgan fingerprint density at radius 2 is 1.84 bits per heavy atom. The lowest BCUT2D eigenvalue weighted by Crippen LogP contribution is -2.00. The third-order valence-electron chi connectivity index (χ3n) is 3.00. The Labute approximate surface area is 120 Å². The minimum atomic E-state index is 0.430. The normalized spacial score (nSPS) is 11.1. The molecule has 96 valence electrons. The van der Waals surface area contributed by atoms with Gasteiger partial charge in [-0.05, 0) is 42.8 Å². The fraction of sp³-hybridized carbons (Fsp3) is 0.0714. The maximum absolute atomic E-state index is 6.06. The van der Waals surface area contributed by atoms with Gasteiger partial charge in [0.2, 0.25) is 5.95 Å². The maximum atomic E-state index is 6.06. The molecule has 0 atom stereocenters. The molecule has 3 aromatic rings. The molecule has 2 aromatic carbocycles. The van der Waals surface area contributed by atoms with Gasteiger partial charge >= 0.3 is 0 Å². The van der Waals surface area contributed by atoms with Crippen LogP contribution in [0.25, 0.3) is 16.7 Å². The molecule has 0 radical (unpaired) electrons. The number of hydrogen-bond acceptors (Lipinski definition) is 2. The van der Waals surface area contributed by atoms with E-state index < -0.39 is 0 Å². The quantitative estimate of drug-likeness (QED) is 0.729. The molecule has 1 heterocycles.